The van der Waals surface area contributed by atoms with Crippen LogP contribution in [0.3, 0.4) is 0 Å². The first-order chi connectivity index (χ1) is 15.4. The zero-order chi connectivity index (χ0) is 24.0. The van der Waals surface area contributed by atoms with Crippen molar-refractivity contribution in [3.8, 4) is 0 Å². The van der Waals surface area contributed by atoms with Gasteiger partial charge in [-0.1, -0.05) is 20.8 Å². The smallest absolute Gasteiger partial charge is 0.220 e. The number of hydrogen-bond donors (Lipinski definition) is 5. The molecular formula is C26H47NO5S. The second-order valence-corrected chi connectivity index (χ2v) is 14.2. The van der Waals surface area contributed by atoms with Gasteiger partial charge in [0.15, 0.2) is 0 Å². The van der Waals surface area contributed by atoms with Crippen molar-refractivity contribution in [3.05, 3.63) is 0 Å². The molecule has 0 aromatic carbocycles. The summed E-state index contributed by atoms with van der Waals surface area (Å²) < 4.78 is 27.1. The number of carbonyl (C=O) groups excluding carboxylic acids is 1. The molecule has 4 aliphatic rings. The van der Waals surface area contributed by atoms with E-state index in [1.54, 1.807) is 0 Å². The van der Waals surface area contributed by atoms with Crippen molar-refractivity contribution < 1.29 is 23.6 Å². The van der Waals surface area contributed by atoms with Crippen molar-refractivity contribution in [3.63, 3.8) is 0 Å². The van der Waals surface area contributed by atoms with Crippen LogP contribution in [0.15, 0.2) is 0 Å². The molecule has 9 unspecified atom stereocenters. The fraction of sp³-hybridized carbons (Fsp3) is 0.962. The molecule has 1 amide bonds. The van der Waals surface area contributed by atoms with Crippen LogP contribution >= 0.6 is 10.9 Å². The monoisotopic (exact) mass is 485 g/mol. The van der Waals surface area contributed by atoms with E-state index in [0.717, 1.165) is 37.0 Å². The van der Waals surface area contributed by atoms with Gasteiger partial charge in [-0.3, -0.25) is 4.79 Å². The Morgan fingerprint density at radius 3 is 2.42 bits per heavy atom. The molecule has 4 fully saturated rings. The lowest BCUT2D eigenvalue weighted by atomic mass is 9.44. The summed E-state index contributed by atoms with van der Waals surface area (Å²) in [6.45, 7) is 7.51. The highest BCUT2D eigenvalue weighted by Crippen LogP contribution is 2.68. The van der Waals surface area contributed by atoms with Crippen LogP contribution in [0.4, 0.5) is 0 Å². The predicted octanol–water partition coefficient (Wildman–Crippen LogP) is 5.76. The first-order valence-corrected chi connectivity index (χ1v) is 15.0. The fourth-order valence-electron chi connectivity index (χ4n) is 9.19. The maximum absolute atomic E-state index is 12.2. The summed E-state index contributed by atoms with van der Waals surface area (Å²) in [6.07, 6.45) is 12.3. The summed E-state index contributed by atoms with van der Waals surface area (Å²) in [4.78, 5) is 12.2. The molecule has 0 radical (unpaired) electrons. The van der Waals surface area contributed by atoms with E-state index in [4.69, 9.17) is 13.7 Å². The molecule has 0 saturated heterocycles. The van der Waals surface area contributed by atoms with Crippen molar-refractivity contribution in [1.29, 1.82) is 0 Å². The van der Waals surface area contributed by atoms with Gasteiger partial charge in [0.2, 0.25) is 5.91 Å². The van der Waals surface area contributed by atoms with Gasteiger partial charge in [-0.2, -0.15) is 0 Å². The molecule has 7 heteroatoms. The van der Waals surface area contributed by atoms with E-state index < -0.39 is 10.9 Å². The molecule has 0 aliphatic heterocycles. The first-order valence-electron chi connectivity index (χ1n) is 13.4. The van der Waals surface area contributed by atoms with Gasteiger partial charge in [0.1, 0.15) is 0 Å². The molecule has 33 heavy (non-hydrogen) atoms. The number of aliphatic hydroxyl groups is 1. The number of nitrogens with one attached hydrogen (secondary N) is 1. The number of hydrogen-bond acceptors (Lipinski definition) is 5. The van der Waals surface area contributed by atoms with Crippen molar-refractivity contribution in [2.24, 2.45) is 46.3 Å². The van der Waals surface area contributed by atoms with Crippen LogP contribution in [0, 0.1) is 46.3 Å². The number of rotatable bonds is 7. The summed E-state index contributed by atoms with van der Waals surface area (Å²) in [7, 11) is -3.54. The molecule has 192 valence electrons. The van der Waals surface area contributed by atoms with Crippen molar-refractivity contribution >= 4 is 16.8 Å². The van der Waals surface area contributed by atoms with Gasteiger partial charge in [0, 0.05) is 13.0 Å². The number of aliphatic hydroxyl groups excluding tert-OH is 1. The largest absolute Gasteiger partial charge is 0.393 e. The lowest BCUT2D eigenvalue weighted by molar-refractivity contribution is -0.129. The van der Waals surface area contributed by atoms with E-state index in [-0.39, 0.29) is 24.3 Å². The second kappa shape index (κ2) is 9.61. The third kappa shape index (κ3) is 5.13. The fourth-order valence-corrected chi connectivity index (χ4v) is 9.56. The van der Waals surface area contributed by atoms with E-state index in [2.05, 4.69) is 26.1 Å². The number of amides is 1. The van der Waals surface area contributed by atoms with Crippen LogP contribution in [0.1, 0.15) is 91.4 Å². The Morgan fingerprint density at radius 2 is 1.70 bits per heavy atom. The normalized spacial score (nSPS) is 44.3. The number of carbonyl (C=O) groups is 1. The van der Waals surface area contributed by atoms with Gasteiger partial charge in [-0.25, -0.2) is 0 Å². The van der Waals surface area contributed by atoms with Gasteiger partial charge in [0.05, 0.1) is 22.7 Å². The van der Waals surface area contributed by atoms with Crippen LogP contribution in [-0.2, 0) is 4.79 Å². The quantitative estimate of drug-likeness (QED) is 0.315. The van der Waals surface area contributed by atoms with Gasteiger partial charge >= 0.3 is 0 Å². The van der Waals surface area contributed by atoms with E-state index in [1.165, 1.54) is 44.9 Å². The van der Waals surface area contributed by atoms with Crippen molar-refractivity contribution in [1.82, 2.24) is 5.32 Å². The lowest BCUT2D eigenvalue weighted by Crippen LogP contribution is -2.54. The minimum atomic E-state index is -3.54. The van der Waals surface area contributed by atoms with Crippen LogP contribution in [0.25, 0.3) is 0 Å². The minimum absolute atomic E-state index is 0.0698. The molecule has 6 nitrogen and oxygen atoms in total. The van der Waals surface area contributed by atoms with Crippen molar-refractivity contribution in [2.75, 3.05) is 12.3 Å². The summed E-state index contributed by atoms with van der Waals surface area (Å²) in [5, 5.41) is 13.0. The Morgan fingerprint density at radius 1 is 1.00 bits per heavy atom. The average Bonchev–Trinajstić information content (AvgIpc) is 3.09. The van der Waals surface area contributed by atoms with Crippen LogP contribution < -0.4 is 5.32 Å². The molecule has 0 bridgehead atoms. The third-order valence-electron chi connectivity index (χ3n) is 10.9. The van der Waals surface area contributed by atoms with Crippen LogP contribution in [0.5, 0.6) is 0 Å². The molecule has 4 saturated carbocycles. The molecule has 4 aliphatic carbocycles. The van der Waals surface area contributed by atoms with E-state index in [9.17, 15) is 9.90 Å². The second-order valence-electron chi connectivity index (χ2n) is 12.5. The first kappa shape index (κ1) is 25.7. The predicted molar refractivity (Wildman–Crippen MR) is 133 cm³/mol. The highest BCUT2D eigenvalue weighted by molar-refractivity contribution is 8.19. The maximum Gasteiger partial charge on any atom is 0.220 e. The molecule has 0 aromatic heterocycles. The van der Waals surface area contributed by atoms with Gasteiger partial charge in [-0.05, 0) is 111 Å². The van der Waals surface area contributed by atoms with Gasteiger partial charge < -0.3 is 24.1 Å². The van der Waals surface area contributed by atoms with Crippen molar-refractivity contribution in [2.45, 2.75) is 97.5 Å². The zero-order valence-corrected chi connectivity index (χ0v) is 21.7. The SMILES string of the molecule is CC(CCC(=O)NCCS(O)(O)O)C1CCC2C3CCC4CC(O)CCC4(C)C3CCC12C. The highest BCUT2D eigenvalue weighted by Gasteiger charge is 2.60. The molecular weight excluding hydrogens is 438 g/mol. The Bertz CT molecular complexity index is 713. The minimum Gasteiger partial charge on any atom is -0.393 e. The standard InChI is InChI=1S/C26H47NO5S/c1-17(4-9-24(29)27-14-15-33(30,31)32)21-7-8-22-20-6-5-18-16-19(28)10-12-25(18,2)23(20)11-13-26(21,22)3/h17-23,28,30-32H,4-16H2,1-3H3,(H,27,29). The molecule has 0 aromatic rings. The maximum atomic E-state index is 12.2. The average molecular weight is 486 g/mol. The molecule has 9 atom stereocenters. The summed E-state index contributed by atoms with van der Waals surface area (Å²) in [5.74, 6) is 4.04. The highest BCUT2D eigenvalue weighted by atomic mass is 32.3. The zero-order valence-electron chi connectivity index (χ0n) is 20.8. The molecule has 0 heterocycles. The summed E-state index contributed by atoms with van der Waals surface area (Å²) in [6, 6.07) is 0. The van der Waals surface area contributed by atoms with E-state index in [0.29, 0.717) is 35.0 Å². The van der Waals surface area contributed by atoms with Crippen LogP contribution in [-0.4, -0.2) is 43.1 Å². The van der Waals surface area contributed by atoms with Gasteiger partial charge in [0.25, 0.3) is 0 Å². The Labute approximate surface area is 201 Å². The summed E-state index contributed by atoms with van der Waals surface area (Å²) in [5.41, 5.74) is 0.796. The summed E-state index contributed by atoms with van der Waals surface area (Å²) >= 11 is 0. The third-order valence-corrected chi connectivity index (χ3v) is 11.7. The van der Waals surface area contributed by atoms with E-state index >= 15 is 0 Å². The van der Waals surface area contributed by atoms with Gasteiger partial charge in [-0.15, -0.1) is 0 Å². The van der Waals surface area contributed by atoms with Crippen LogP contribution in [0.2, 0.25) is 0 Å². The topological polar surface area (TPSA) is 110 Å². The lowest BCUT2D eigenvalue weighted by Gasteiger charge is -2.61. The Kier molecular flexibility index (Phi) is 7.49. The Hall–Kier alpha value is -0.340. The number of fused-ring (bicyclic) bond motifs is 5. The molecule has 4 rings (SSSR count). The Balaban J connectivity index is 1.34. The molecule has 0 spiro atoms. The molecule has 5 N–H and O–H groups in total. The van der Waals surface area contributed by atoms with E-state index in [1.807, 2.05) is 0 Å².